The molecule has 1 unspecified atom stereocenters. The molecule has 1 saturated heterocycles. The van der Waals surface area contributed by atoms with Crippen LogP contribution in [0.4, 0.5) is 6.01 Å². The molecule has 112 valence electrons. The number of nitrogens with one attached hydrogen (secondary N) is 1. The number of hydrogen-bond donors (Lipinski definition) is 1. The zero-order chi connectivity index (χ0) is 14.0. The number of piperidine rings is 1. The summed E-state index contributed by atoms with van der Waals surface area (Å²) in [7, 11) is 1.91. The fourth-order valence-corrected chi connectivity index (χ4v) is 3.63. The highest BCUT2D eigenvalue weighted by molar-refractivity contribution is 5.25. The summed E-state index contributed by atoms with van der Waals surface area (Å²) >= 11 is 0. The van der Waals surface area contributed by atoms with Crippen molar-refractivity contribution in [1.82, 2.24) is 15.5 Å². The van der Waals surface area contributed by atoms with E-state index in [1.165, 1.54) is 44.9 Å². The molecule has 1 aliphatic heterocycles. The minimum absolute atomic E-state index is 0.116. The van der Waals surface area contributed by atoms with Crippen LogP contribution in [0.1, 0.15) is 63.8 Å². The molecule has 1 aliphatic carbocycles. The van der Waals surface area contributed by atoms with Crippen LogP contribution in [0.25, 0.3) is 0 Å². The predicted octanol–water partition coefficient (Wildman–Crippen LogP) is 2.90. The summed E-state index contributed by atoms with van der Waals surface area (Å²) in [6.45, 7) is 4.16. The molecule has 0 aromatic carbocycles. The first kappa shape index (κ1) is 13.9. The normalized spacial score (nSPS) is 24.0. The Morgan fingerprint density at radius 2 is 1.80 bits per heavy atom. The van der Waals surface area contributed by atoms with Crippen LogP contribution in [0.3, 0.4) is 0 Å². The van der Waals surface area contributed by atoms with Gasteiger partial charge in [0, 0.05) is 13.1 Å². The predicted molar refractivity (Wildman–Crippen MR) is 78.7 cm³/mol. The van der Waals surface area contributed by atoms with Crippen molar-refractivity contribution in [1.29, 1.82) is 0 Å². The van der Waals surface area contributed by atoms with Crippen LogP contribution >= 0.6 is 0 Å². The maximum atomic E-state index is 5.79. The Kier molecular flexibility index (Phi) is 3.96. The molecule has 1 N–H and O–H groups in total. The van der Waals surface area contributed by atoms with E-state index in [9.17, 15) is 0 Å². The molecule has 5 nitrogen and oxygen atoms in total. The minimum atomic E-state index is 0.116. The van der Waals surface area contributed by atoms with Gasteiger partial charge in [0.1, 0.15) is 0 Å². The van der Waals surface area contributed by atoms with E-state index in [1.807, 2.05) is 14.0 Å². The van der Waals surface area contributed by atoms with Gasteiger partial charge in [-0.25, -0.2) is 0 Å². The van der Waals surface area contributed by atoms with E-state index in [2.05, 4.69) is 20.4 Å². The molecule has 20 heavy (non-hydrogen) atoms. The van der Waals surface area contributed by atoms with E-state index in [1.54, 1.807) is 0 Å². The third kappa shape index (κ3) is 2.68. The largest absolute Gasteiger partial charge is 0.406 e. The van der Waals surface area contributed by atoms with Crippen molar-refractivity contribution in [3.05, 3.63) is 5.89 Å². The summed E-state index contributed by atoms with van der Waals surface area (Å²) in [5.74, 6) is 0.681. The Bertz CT molecular complexity index is 429. The molecule has 0 amide bonds. The van der Waals surface area contributed by atoms with E-state index in [0.717, 1.165) is 13.1 Å². The number of anilines is 1. The van der Waals surface area contributed by atoms with Gasteiger partial charge in [-0.2, -0.15) is 0 Å². The first-order chi connectivity index (χ1) is 9.72. The fourth-order valence-electron chi connectivity index (χ4n) is 3.63. The number of hydrogen-bond acceptors (Lipinski definition) is 5. The molecule has 1 atom stereocenters. The lowest BCUT2D eigenvalue weighted by Crippen LogP contribution is -2.41. The monoisotopic (exact) mass is 278 g/mol. The topological polar surface area (TPSA) is 54.2 Å². The van der Waals surface area contributed by atoms with Crippen LogP contribution in [0.2, 0.25) is 0 Å². The maximum absolute atomic E-state index is 5.79. The number of aromatic nitrogens is 2. The van der Waals surface area contributed by atoms with Crippen LogP contribution in [0.15, 0.2) is 4.42 Å². The molecule has 5 heteroatoms. The van der Waals surface area contributed by atoms with E-state index < -0.39 is 0 Å². The van der Waals surface area contributed by atoms with Gasteiger partial charge in [0.05, 0.1) is 6.04 Å². The highest BCUT2D eigenvalue weighted by atomic mass is 16.4. The highest BCUT2D eigenvalue weighted by Crippen LogP contribution is 2.44. The summed E-state index contributed by atoms with van der Waals surface area (Å²) in [4.78, 5) is 2.26. The molecule has 0 bridgehead atoms. The molecule has 0 radical (unpaired) electrons. The standard InChI is InChI=1S/C15H26N4O/c1-12(16-2)13-17-18-14(20-13)19-10-8-15(9-11-19)6-4-3-5-7-15/h12,16H,3-11H2,1-2H3. The lowest BCUT2D eigenvalue weighted by molar-refractivity contribution is 0.142. The molecule has 1 aromatic heterocycles. The van der Waals surface area contributed by atoms with Crippen LogP contribution in [0.5, 0.6) is 0 Å². The molecular formula is C15H26N4O. The molecule has 1 saturated carbocycles. The summed E-state index contributed by atoms with van der Waals surface area (Å²) in [5.41, 5.74) is 0.621. The quantitative estimate of drug-likeness (QED) is 0.921. The number of rotatable bonds is 3. The zero-order valence-corrected chi connectivity index (χ0v) is 12.7. The Morgan fingerprint density at radius 1 is 1.10 bits per heavy atom. The fraction of sp³-hybridized carbons (Fsp3) is 0.867. The smallest absolute Gasteiger partial charge is 0.318 e. The van der Waals surface area contributed by atoms with Gasteiger partial charge < -0.3 is 14.6 Å². The third-order valence-electron chi connectivity index (χ3n) is 5.24. The van der Waals surface area contributed by atoms with Crippen molar-refractivity contribution in [2.45, 2.75) is 57.9 Å². The number of nitrogens with zero attached hydrogens (tertiary/aromatic N) is 3. The van der Waals surface area contributed by atoms with Crippen molar-refractivity contribution in [3.63, 3.8) is 0 Å². The SMILES string of the molecule is CNC(C)c1nnc(N2CCC3(CCCCC3)CC2)o1. The van der Waals surface area contributed by atoms with Crippen molar-refractivity contribution in [2.75, 3.05) is 25.0 Å². The molecule has 2 fully saturated rings. The van der Waals surface area contributed by atoms with Gasteiger partial charge in [-0.05, 0) is 45.1 Å². The van der Waals surface area contributed by atoms with Gasteiger partial charge in [0.2, 0.25) is 5.89 Å². The average Bonchev–Trinajstić information content (AvgIpc) is 2.98. The Hall–Kier alpha value is -1.10. The lowest BCUT2D eigenvalue weighted by atomic mass is 9.68. The van der Waals surface area contributed by atoms with Gasteiger partial charge in [-0.1, -0.05) is 24.4 Å². The van der Waals surface area contributed by atoms with Gasteiger partial charge in [-0.15, -0.1) is 5.10 Å². The molecule has 3 rings (SSSR count). The average molecular weight is 278 g/mol. The van der Waals surface area contributed by atoms with Gasteiger partial charge in [-0.3, -0.25) is 0 Å². The van der Waals surface area contributed by atoms with Gasteiger partial charge in [0.25, 0.3) is 0 Å². The third-order valence-corrected chi connectivity index (χ3v) is 5.24. The van der Waals surface area contributed by atoms with Crippen LogP contribution in [-0.2, 0) is 0 Å². The Morgan fingerprint density at radius 3 is 2.45 bits per heavy atom. The van der Waals surface area contributed by atoms with Crippen LogP contribution in [0, 0.1) is 5.41 Å². The highest BCUT2D eigenvalue weighted by Gasteiger charge is 2.36. The van der Waals surface area contributed by atoms with Crippen LogP contribution in [-0.4, -0.2) is 30.3 Å². The molecule has 2 aliphatic rings. The first-order valence-electron chi connectivity index (χ1n) is 7.98. The lowest BCUT2D eigenvalue weighted by Gasteiger charge is -2.43. The van der Waals surface area contributed by atoms with Crippen molar-refractivity contribution < 1.29 is 4.42 Å². The van der Waals surface area contributed by atoms with Crippen molar-refractivity contribution in [2.24, 2.45) is 5.41 Å². The maximum Gasteiger partial charge on any atom is 0.318 e. The summed E-state index contributed by atoms with van der Waals surface area (Å²) in [6.07, 6.45) is 9.69. The van der Waals surface area contributed by atoms with E-state index in [4.69, 9.17) is 4.42 Å². The van der Waals surface area contributed by atoms with E-state index in [0.29, 0.717) is 17.3 Å². The zero-order valence-electron chi connectivity index (χ0n) is 12.7. The second-order valence-electron chi connectivity index (χ2n) is 6.48. The van der Waals surface area contributed by atoms with Gasteiger partial charge in [0.15, 0.2) is 0 Å². The van der Waals surface area contributed by atoms with Gasteiger partial charge >= 0.3 is 6.01 Å². The second-order valence-corrected chi connectivity index (χ2v) is 6.48. The van der Waals surface area contributed by atoms with Crippen molar-refractivity contribution in [3.8, 4) is 0 Å². The molecular weight excluding hydrogens is 252 g/mol. The second kappa shape index (κ2) is 5.72. The van der Waals surface area contributed by atoms with Crippen molar-refractivity contribution >= 4 is 6.01 Å². The molecule has 1 aromatic rings. The molecule has 1 spiro atoms. The van der Waals surface area contributed by atoms with E-state index in [-0.39, 0.29) is 6.04 Å². The first-order valence-corrected chi connectivity index (χ1v) is 7.98. The van der Waals surface area contributed by atoms with E-state index >= 15 is 0 Å². The summed E-state index contributed by atoms with van der Waals surface area (Å²) in [6, 6.07) is 0.818. The Labute approximate surface area is 121 Å². The summed E-state index contributed by atoms with van der Waals surface area (Å²) < 4.78 is 5.79. The molecule has 2 heterocycles. The Balaban J connectivity index is 1.61. The summed E-state index contributed by atoms with van der Waals surface area (Å²) in [5, 5.41) is 11.5. The van der Waals surface area contributed by atoms with Crippen LogP contribution < -0.4 is 10.2 Å². The minimum Gasteiger partial charge on any atom is -0.406 e.